The van der Waals surface area contributed by atoms with E-state index in [-0.39, 0.29) is 23.1 Å². The quantitative estimate of drug-likeness (QED) is 0.144. The molecule has 0 heterocycles. The summed E-state index contributed by atoms with van der Waals surface area (Å²) in [7, 11) is 0. The van der Waals surface area contributed by atoms with Gasteiger partial charge in [-0.25, -0.2) is 0 Å². The van der Waals surface area contributed by atoms with Crippen molar-refractivity contribution in [2.75, 3.05) is 0 Å². The Bertz CT molecular complexity index is 666. The molecule has 0 radical (unpaired) electrons. The molecule has 0 atom stereocenters. The Morgan fingerprint density at radius 3 is 1.46 bits per heavy atom. The van der Waals surface area contributed by atoms with E-state index in [1.54, 1.807) is 0 Å². The smallest absolute Gasteiger partial charge is 0.306 e. The Morgan fingerprint density at radius 2 is 1.06 bits per heavy atom. The fourth-order valence-corrected chi connectivity index (χ4v) is 4.09. The van der Waals surface area contributed by atoms with Crippen LogP contribution in [-0.2, 0) is 19.1 Å². The van der Waals surface area contributed by atoms with E-state index >= 15 is 0 Å². The van der Waals surface area contributed by atoms with Crippen molar-refractivity contribution in [3.63, 3.8) is 0 Å². The number of unbranched alkanes of at least 4 members (excludes halogenated alkanes) is 6. The topological polar surface area (TPSA) is 52.6 Å². The molecule has 4 heteroatoms. The van der Waals surface area contributed by atoms with Gasteiger partial charge in [-0.15, -0.1) is 0 Å². The minimum Gasteiger partial charge on any atom is -0.460 e. The first-order valence-electron chi connectivity index (χ1n) is 14.1. The van der Waals surface area contributed by atoms with Gasteiger partial charge in [0.05, 0.1) is 0 Å². The fourth-order valence-electron chi connectivity index (χ4n) is 4.09. The minimum atomic E-state index is -0.352. The van der Waals surface area contributed by atoms with Gasteiger partial charge in [-0.3, -0.25) is 9.59 Å². The lowest BCUT2D eigenvalue weighted by Gasteiger charge is -2.23. The Morgan fingerprint density at radius 1 is 0.657 bits per heavy atom. The summed E-state index contributed by atoms with van der Waals surface area (Å²) in [6.07, 6.45) is 13.8. The van der Waals surface area contributed by atoms with Crippen molar-refractivity contribution in [1.82, 2.24) is 0 Å². The van der Waals surface area contributed by atoms with Crippen molar-refractivity contribution in [2.45, 2.75) is 149 Å². The summed E-state index contributed by atoms with van der Waals surface area (Å²) in [6, 6.07) is 10.9. The molecular formula is C31H52O4. The second-order valence-corrected chi connectivity index (χ2v) is 11.2. The number of esters is 2. The van der Waals surface area contributed by atoms with Crippen molar-refractivity contribution in [3.8, 4) is 0 Å². The van der Waals surface area contributed by atoms with Crippen LogP contribution in [0.4, 0.5) is 0 Å². The molecule has 0 spiro atoms. The molecule has 4 nitrogen and oxygen atoms in total. The van der Waals surface area contributed by atoms with Gasteiger partial charge >= 0.3 is 11.9 Å². The summed E-state index contributed by atoms with van der Waals surface area (Å²) in [5.41, 5.74) is 0.730. The van der Waals surface area contributed by atoms with Crippen molar-refractivity contribution < 1.29 is 19.1 Å². The lowest BCUT2D eigenvalue weighted by molar-refractivity contribution is -0.157. The highest BCUT2D eigenvalue weighted by atomic mass is 16.6. The maximum Gasteiger partial charge on any atom is 0.306 e. The largest absolute Gasteiger partial charge is 0.460 e. The van der Waals surface area contributed by atoms with Crippen molar-refractivity contribution in [3.05, 3.63) is 35.9 Å². The Hall–Kier alpha value is -1.84. The molecule has 0 N–H and O–H groups in total. The maximum atomic E-state index is 12.0. The van der Waals surface area contributed by atoms with Gasteiger partial charge in [0.2, 0.25) is 0 Å². The molecule has 0 aliphatic heterocycles. The fraction of sp³-hybridized carbons (Fsp3) is 0.742. The molecule has 0 aliphatic rings. The van der Waals surface area contributed by atoms with Crippen LogP contribution in [0.15, 0.2) is 30.3 Å². The van der Waals surface area contributed by atoms with E-state index in [9.17, 15) is 9.59 Å². The zero-order valence-electron chi connectivity index (χ0n) is 23.5. The summed E-state index contributed by atoms with van der Waals surface area (Å²) < 4.78 is 11.1. The van der Waals surface area contributed by atoms with Crippen molar-refractivity contribution in [1.29, 1.82) is 0 Å². The van der Waals surface area contributed by atoms with Crippen LogP contribution in [0.5, 0.6) is 0 Å². The van der Waals surface area contributed by atoms with Gasteiger partial charge in [0.25, 0.3) is 0 Å². The van der Waals surface area contributed by atoms with E-state index in [0.717, 1.165) is 51.4 Å². The molecule has 0 aliphatic carbocycles. The number of carbonyl (C=O) groups is 2. The van der Waals surface area contributed by atoms with Crippen molar-refractivity contribution in [2.24, 2.45) is 0 Å². The van der Waals surface area contributed by atoms with Gasteiger partial charge in [-0.2, -0.15) is 0 Å². The number of ether oxygens (including phenoxy) is 2. The maximum absolute atomic E-state index is 12.0. The van der Waals surface area contributed by atoms with Gasteiger partial charge in [0.15, 0.2) is 0 Å². The molecule has 0 fully saturated rings. The predicted molar refractivity (Wildman–Crippen MR) is 146 cm³/mol. The zero-order valence-corrected chi connectivity index (χ0v) is 23.5. The lowest BCUT2D eigenvalue weighted by Crippen LogP contribution is -2.26. The van der Waals surface area contributed by atoms with E-state index in [4.69, 9.17) is 9.47 Å². The summed E-state index contributed by atoms with van der Waals surface area (Å²) in [5.74, 6) is 0.449. The van der Waals surface area contributed by atoms with Gasteiger partial charge in [-0.05, 0) is 77.7 Å². The number of rotatable bonds is 19. The molecule has 0 bridgehead atoms. The number of carbonyl (C=O) groups excluding carboxylic acids is 2. The number of hydrogen-bond donors (Lipinski definition) is 0. The summed E-state index contributed by atoms with van der Waals surface area (Å²) in [4.78, 5) is 24.0. The third kappa shape index (κ3) is 15.0. The van der Waals surface area contributed by atoms with Gasteiger partial charge in [-0.1, -0.05) is 82.7 Å². The number of hydrogen-bond acceptors (Lipinski definition) is 4. The molecule has 0 aromatic heterocycles. The highest BCUT2D eigenvalue weighted by Gasteiger charge is 2.20. The molecule has 1 aromatic rings. The van der Waals surface area contributed by atoms with Crippen LogP contribution >= 0.6 is 0 Å². The molecule has 0 amide bonds. The van der Waals surface area contributed by atoms with Gasteiger partial charge in [0.1, 0.15) is 11.2 Å². The normalized spacial score (nSPS) is 12.1. The molecule has 1 aromatic carbocycles. The first-order chi connectivity index (χ1) is 16.6. The van der Waals surface area contributed by atoms with Crippen LogP contribution in [0.25, 0.3) is 0 Å². The van der Waals surface area contributed by atoms with Crippen LogP contribution in [0.1, 0.15) is 143 Å². The monoisotopic (exact) mass is 488 g/mol. The van der Waals surface area contributed by atoms with Gasteiger partial charge < -0.3 is 9.47 Å². The van der Waals surface area contributed by atoms with Crippen LogP contribution in [0.2, 0.25) is 0 Å². The average molecular weight is 489 g/mol. The Balaban J connectivity index is 2.28. The Kier molecular flexibility index (Phi) is 14.9. The van der Waals surface area contributed by atoms with Crippen molar-refractivity contribution >= 4 is 11.9 Å². The zero-order chi connectivity index (χ0) is 26.2. The van der Waals surface area contributed by atoms with Crippen LogP contribution in [0.3, 0.4) is 0 Å². The predicted octanol–water partition coefficient (Wildman–Crippen LogP) is 8.92. The average Bonchev–Trinajstić information content (AvgIpc) is 2.82. The van der Waals surface area contributed by atoms with Crippen LogP contribution < -0.4 is 0 Å². The summed E-state index contributed by atoms with van der Waals surface area (Å²) in [5, 5.41) is 0. The molecule has 0 saturated carbocycles. The highest BCUT2D eigenvalue weighted by Crippen LogP contribution is 2.29. The van der Waals surface area contributed by atoms with E-state index in [0.29, 0.717) is 18.8 Å². The summed E-state index contributed by atoms with van der Waals surface area (Å²) >= 11 is 0. The Labute approximate surface area is 215 Å². The van der Waals surface area contributed by atoms with E-state index in [1.165, 1.54) is 31.2 Å². The van der Waals surface area contributed by atoms with Crippen LogP contribution in [0, 0.1) is 0 Å². The van der Waals surface area contributed by atoms with E-state index in [2.05, 4.69) is 30.3 Å². The summed E-state index contributed by atoms with van der Waals surface area (Å²) in [6.45, 7) is 12.0. The molecule has 1 rings (SSSR count). The van der Waals surface area contributed by atoms with Crippen LogP contribution in [-0.4, -0.2) is 23.1 Å². The molecule has 200 valence electrons. The SMILES string of the molecule is CCC(C)(C)OC(=O)CCCCCCC(CCCCCCC(=O)OC(C)(C)CC)c1ccccc1. The van der Waals surface area contributed by atoms with E-state index < -0.39 is 0 Å². The third-order valence-corrected chi connectivity index (χ3v) is 7.12. The van der Waals surface area contributed by atoms with E-state index in [1.807, 2.05) is 41.5 Å². The molecule has 0 saturated heterocycles. The first-order valence-corrected chi connectivity index (χ1v) is 14.1. The number of benzene rings is 1. The second kappa shape index (κ2) is 16.8. The van der Waals surface area contributed by atoms with Gasteiger partial charge in [0, 0.05) is 12.8 Å². The standard InChI is InChI=1S/C31H52O4/c1-7-30(3,4)34-28(32)24-18-11-9-14-20-26(27-22-16-13-17-23-27)21-15-10-12-19-25-29(33)35-31(5,6)8-2/h13,16-17,22-23,26H,7-12,14-15,18-21,24-25H2,1-6H3. The molecule has 35 heavy (non-hydrogen) atoms. The second-order valence-electron chi connectivity index (χ2n) is 11.2. The highest BCUT2D eigenvalue weighted by molar-refractivity contribution is 5.70. The lowest BCUT2D eigenvalue weighted by atomic mass is 9.88. The molecular weight excluding hydrogens is 436 g/mol. The first kappa shape index (κ1) is 31.2. The third-order valence-electron chi connectivity index (χ3n) is 7.12. The minimum absolute atomic E-state index is 0.0682. The molecule has 0 unspecified atom stereocenters.